The minimum atomic E-state index is -0.354. The summed E-state index contributed by atoms with van der Waals surface area (Å²) in [7, 11) is 1.69. The lowest BCUT2D eigenvalue weighted by Gasteiger charge is -2.39. The molecule has 2 atom stereocenters. The third kappa shape index (κ3) is 2.80. The van der Waals surface area contributed by atoms with E-state index < -0.39 is 0 Å². The highest BCUT2D eigenvalue weighted by Gasteiger charge is 2.41. The van der Waals surface area contributed by atoms with Crippen molar-refractivity contribution in [2.24, 2.45) is 0 Å². The molecule has 6 rings (SSSR count). The van der Waals surface area contributed by atoms with E-state index in [0.717, 1.165) is 39.5 Å². The molecule has 3 heterocycles. The summed E-state index contributed by atoms with van der Waals surface area (Å²) in [6.07, 6.45) is 1.24. The normalized spacial score (nSPS) is 18.7. The number of hydrogen-bond donors (Lipinski definition) is 1. The SMILES string of the molecule is COc1ccccc1C1Oc2ccccc2C2=C1C(c1ccc(C)cc1)n1ncnc1N2. The van der Waals surface area contributed by atoms with Crippen molar-refractivity contribution in [2.75, 3.05) is 12.4 Å². The molecule has 6 heteroatoms. The highest BCUT2D eigenvalue weighted by molar-refractivity contribution is 5.85. The molecule has 2 aliphatic heterocycles. The van der Waals surface area contributed by atoms with Crippen molar-refractivity contribution in [3.63, 3.8) is 0 Å². The molecule has 0 saturated heterocycles. The molecule has 6 nitrogen and oxygen atoms in total. The number of hydrogen-bond acceptors (Lipinski definition) is 5. The Hall–Kier alpha value is -4.06. The molecule has 0 amide bonds. The molecule has 158 valence electrons. The first kappa shape index (κ1) is 18.7. The highest BCUT2D eigenvalue weighted by atomic mass is 16.5. The number of ether oxygens (including phenoxy) is 2. The van der Waals surface area contributed by atoms with Crippen LogP contribution in [0.2, 0.25) is 0 Å². The maximum Gasteiger partial charge on any atom is 0.226 e. The van der Waals surface area contributed by atoms with E-state index in [1.54, 1.807) is 13.4 Å². The van der Waals surface area contributed by atoms with Gasteiger partial charge in [0.2, 0.25) is 5.95 Å². The van der Waals surface area contributed by atoms with Crippen molar-refractivity contribution < 1.29 is 9.47 Å². The summed E-state index contributed by atoms with van der Waals surface area (Å²) < 4.78 is 14.3. The first-order chi connectivity index (χ1) is 15.7. The van der Waals surface area contributed by atoms with E-state index in [4.69, 9.17) is 9.47 Å². The zero-order valence-electron chi connectivity index (χ0n) is 17.8. The van der Waals surface area contributed by atoms with Crippen molar-refractivity contribution >= 4 is 11.6 Å². The Labute approximate surface area is 186 Å². The molecule has 0 bridgehead atoms. The fourth-order valence-electron chi connectivity index (χ4n) is 4.63. The van der Waals surface area contributed by atoms with Crippen LogP contribution in [0.5, 0.6) is 11.5 Å². The molecule has 4 aromatic rings. The molecular weight excluding hydrogens is 400 g/mol. The van der Waals surface area contributed by atoms with Gasteiger partial charge in [-0.1, -0.05) is 60.2 Å². The third-order valence-electron chi connectivity index (χ3n) is 6.14. The zero-order valence-corrected chi connectivity index (χ0v) is 17.8. The lowest BCUT2D eigenvalue weighted by molar-refractivity contribution is 0.217. The van der Waals surface area contributed by atoms with Crippen molar-refractivity contribution in [1.82, 2.24) is 14.8 Å². The maximum absolute atomic E-state index is 6.66. The van der Waals surface area contributed by atoms with Crippen molar-refractivity contribution in [3.05, 3.63) is 107 Å². The Morgan fingerprint density at radius 3 is 2.59 bits per heavy atom. The fourth-order valence-corrected chi connectivity index (χ4v) is 4.63. The minimum Gasteiger partial charge on any atom is -0.496 e. The first-order valence-electron chi connectivity index (χ1n) is 10.6. The standard InChI is InChI=1S/C26H22N4O2/c1-16-11-13-17(14-12-16)24-22-23(29-26-27-15-28-30(24)26)18-7-3-6-10-21(18)32-25(22)19-8-4-5-9-20(19)31-2/h3-15,24-25H,1-2H3,(H,27,28,29). The Morgan fingerprint density at radius 1 is 0.969 bits per heavy atom. The quantitative estimate of drug-likeness (QED) is 0.494. The van der Waals surface area contributed by atoms with Crippen LogP contribution < -0.4 is 14.8 Å². The molecule has 1 N–H and O–H groups in total. The van der Waals surface area contributed by atoms with Gasteiger partial charge in [0.15, 0.2) is 6.10 Å². The van der Waals surface area contributed by atoms with Crippen molar-refractivity contribution in [1.29, 1.82) is 0 Å². The number of benzene rings is 3. The van der Waals surface area contributed by atoms with Gasteiger partial charge in [-0.2, -0.15) is 10.1 Å². The molecule has 1 aromatic heterocycles. The third-order valence-corrected chi connectivity index (χ3v) is 6.14. The largest absolute Gasteiger partial charge is 0.496 e. The van der Waals surface area contributed by atoms with E-state index >= 15 is 0 Å². The van der Waals surface area contributed by atoms with E-state index in [1.807, 2.05) is 41.1 Å². The van der Waals surface area contributed by atoms with Gasteiger partial charge in [0, 0.05) is 16.7 Å². The number of fused-ring (bicyclic) bond motifs is 3. The molecule has 0 radical (unpaired) electrons. The van der Waals surface area contributed by atoms with E-state index in [2.05, 4.69) is 58.7 Å². The molecule has 32 heavy (non-hydrogen) atoms. The second-order valence-corrected chi connectivity index (χ2v) is 8.03. The van der Waals surface area contributed by atoms with Crippen LogP contribution in [0, 0.1) is 6.92 Å². The molecule has 2 unspecified atom stereocenters. The number of methoxy groups -OCH3 is 1. The molecule has 0 aliphatic carbocycles. The van der Waals surface area contributed by atoms with Crippen molar-refractivity contribution in [3.8, 4) is 11.5 Å². The average molecular weight is 422 g/mol. The van der Waals surface area contributed by atoms with Crippen LogP contribution in [-0.4, -0.2) is 21.9 Å². The predicted octanol–water partition coefficient (Wildman–Crippen LogP) is 5.16. The van der Waals surface area contributed by atoms with Crippen molar-refractivity contribution in [2.45, 2.75) is 19.1 Å². The summed E-state index contributed by atoms with van der Waals surface area (Å²) in [5.74, 6) is 2.32. The summed E-state index contributed by atoms with van der Waals surface area (Å²) in [5.41, 5.74) is 6.41. The van der Waals surface area contributed by atoms with Gasteiger partial charge in [0.1, 0.15) is 23.9 Å². The molecule has 0 spiro atoms. The van der Waals surface area contributed by atoms with Crippen LogP contribution in [0.3, 0.4) is 0 Å². The monoisotopic (exact) mass is 422 g/mol. The number of anilines is 1. The van der Waals surface area contributed by atoms with Gasteiger partial charge in [0.25, 0.3) is 0 Å². The molecular formula is C26H22N4O2. The van der Waals surface area contributed by atoms with Crippen LogP contribution >= 0.6 is 0 Å². The Kier molecular flexibility index (Phi) is 4.24. The van der Waals surface area contributed by atoms with Crippen LogP contribution in [-0.2, 0) is 0 Å². The summed E-state index contributed by atoms with van der Waals surface area (Å²) in [5, 5.41) is 8.11. The maximum atomic E-state index is 6.66. The Balaban J connectivity index is 1.64. The van der Waals surface area contributed by atoms with Crippen LogP contribution in [0.15, 0.2) is 84.7 Å². The van der Waals surface area contributed by atoms with E-state index in [0.29, 0.717) is 5.95 Å². The molecule has 0 saturated carbocycles. The van der Waals surface area contributed by atoms with E-state index in [1.165, 1.54) is 5.56 Å². The smallest absolute Gasteiger partial charge is 0.226 e. The molecule has 0 fully saturated rings. The zero-order chi connectivity index (χ0) is 21.7. The van der Waals surface area contributed by atoms with Gasteiger partial charge >= 0.3 is 0 Å². The average Bonchev–Trinajstić information content (AvgIpc) is 3.31. The number of nitrogens with zero attached hydrogens (tertiary/aromatic N) is 3. The lowest BCUT2D eigenvalue weighted by Crippen LogP contribution is -2.32. The summed E-state index contributed by atoms with van der Waals surface area (Å²) in [4.78, 5) is 4.49. The number of aromatic nitrogens is 3. The number of rotatable bonds is 3. The minimum absolute atomic E-state index is 0.174. The van der Waals surface area contributed by atoms with Gasteiger partial charge in [-0.15, -0.1) is 0 Å². The predicted molar refractivity (Wildman–Crippen MR) is 123 cm³/mol. The highest BCUT2D eigenvalue weighted by Crippen LogP contribution is 2.51. The van der Waals surface area contributed by atoms with Crippen LogP contribution in [0.4, 0.5) is 5.95 Å². The summed E-state index contributed by atoms with van der Waals surface area (Å²) in [6.45, 7) is 2.09. The molecule has 2 aliphatic rings. The van der Waals surface area contributed by atoms with Gasteiger partial charge in [-0.05, 0) is 30.7 Å². The second-order valence-electron chi connectivity index (χ2n) is 8.03. The van der Waals surface area contributed by atoms with Gasteiger partial charge in [-0.25, -0.2) is 4.68 Å². The van der Waals surface area contributed by atoms with Gasteiger partial charge in [0.05, 0.1) is 12.8 Å². The van der Waals surface area contributed by atoms with E-state index in [-0.39, 0.29) is 12.1 Å². The Morgan fingerprint density at radius 2 is 1.75 bits per heavy atom. The molecule has 3 aromatic carbocycles. The number of nitrogens with one attached hydrogen (secondary N) is 1. The Bertz CT molecular complexity index is 1340. The first-order valence-corrected chi connectivity index (χ1v) is 10.6. The number of para-hydroxylation sites is 2. The summed E-state index contributed by atoms with van der Waals surface area (Å²) >= 11 is 0. The van der Waals surface area contributed by atoms with Crippen LogP contribution in [0.25, 0.3) is 5.70 Å². The van der Waals surface area contributed by atoms with Gasteiger partial charge in [-0.3, -0.25) is 0 Å². The van der Waals surface area contributed by atoms with E-state index in [9.17, 15) is 0 Å². The lowest BCUT2D eigenvalue weighted by atomic mass is 9.84. The van der Waals surface area contributed by atoms with Gasteiger partial charge < -0.3 is 14.8 Å². The second kappa shape index (κ2) is 7.27. The topological polar surface area (TPSA) is 61.2 Å². The van der Waals surface area contributed by atoms with Crippen LogP contribution in [0.1, 0.15) is 34.4 Å². The summed E-state index contributed by atoms with van der Waals surface area (Å²) in [6, 6.07) is 24.5. The fraction of sp³-hybridized carbons (Fsp3) is 0.154. The number of aryl methyl sites for hydroxylation is 1.